The lowest BCUT2D eigenvalue weighted by molar-refractivity contribution is -0.384. The van der Waals surface area contributed by atoms with Crippen LogP contribution in [0.2, 0.25) is 5.02 Å². The van der Waals surface area contributed by atoms with Gasteiger partial charge in [0, 0.05) is 23.4 Å². The topological polar surface area (TPSA) is 112 Å². The summed E-state index contributed by atoms with van der Waals surface area (Å²) < 4.78 is 21.0. The number of rotatable bonds is 7. The molecule has 1 aromatic heterocycles. The van der Waals surface area contributed by atoms with Crippen LogP contribution in [0, 0.1) is 15.9 Å². The molecule has 35 heavy (non-hydrogen) atoms. The van der Waals surface area contributed by atoms with Crippen molar-refractivity contribution in [3.8, 4) is 23.1 Å². The summed E-state index contributed by atoms with van der Waals surface area (Å²) >= 11 is 6.04. The highest BCUT2D eigenvalue weighted by molar-refractivity contribution is 6.34. The van der Waals surface area contributed by atoms with Crippen LogP contribution in [-0.4, -0.2) is 31.7 Å². The lowest BCUT2D eigenvalue weighted by Crippen LogP contribution is -2.12. The Balaban J connectivity index is 1.60. The van der Waals surface area contributed by atoms with E-state index in [1.54, 1.807) is 36.4 Å². The zero-order valence-electron chi connectivity index (χ0n) is 18.6. The zero-order chi connectivity index (χ0) is 25.1. The molecule has 0 fully saturated rings. The van der Waals surface area contributed by atoms with E-state index < -0.39 is 16.6 Å². The molecule has 0 saturated carbocycles. The fourth-order valence-corrected chi connectivity index (χ4v) is 3.50. The zero-order valence-corrected chi connectivity index (χ0v) is 19.4. The van der Waals surface area contributed by atoms with Crippen LogP contribution < -0.4 is 10.1 Å². The Morgan fingerprint density at radius 2 is 1.89 bits per heavy atom. The Morgan fingerprint density at radius 3 is 2.51 bits per heavy atom. The molecule has 0 radical (unpaired) electrons. The van der Waals surface area contributed by atoms with E-state index in [0.29, 0.717) is 22.8 Å². The van der Waals surface area contributed by atoms with Gasteiger partial charge in [-0.3, -0.25) is 14.9 Å². The van der Waals surface area contributed by atoms with Gasteiger partial charge in [-0.1, -0.05) is 23.7 Å². The molecule has 1 N–H and O–H groups in total. The maximum absolute atomic E-state index is 13.8. The van der Waals surface area contributed by atoms with Crippen molar-refractivity contribution in [2.45, 2.75) is 20.0 Å². The lowest BCUT2D eigenvalue weighted by atomic mass is 10.2. The van der Waals surface area contributed by atoms with Crippen molar-refractivity contribution in [2.75, 3.05) is 5.32 Å². The summed E-state index contributed by atoms with van der Waals surface area (Å²) in [5.41, 5.74) is 1.46. The highest BCUT2D eigenvalue weighted by Gasteiger charge is 2.18. The Bertz CT molecular complexity index is 1410. The maximum atomic E-state index is 13.8. The molecular weight excluding hydrogens is 477 g/mol. The first-order valence-corrected chi connectivity index (χ1v) is 10.8. The van der Waals surface area contributed by atoms with E-state index in [2.05, 4.69) is 15.4 Å². The van der Waals surface area contributed by atoms with E-state index in [9.17, 15) is 19.3 Å². The highest BCUT2D eigenvalue weighted by atomic mass is 35.5. The summed E-state index contributed by atoms with van der Waals surface area (Å²) in [6.45, 7) is 3.69. The van der Waals surface area contributed by atoms with E-state index in [-0.39, 0.29) is 28.4 Å². The van der Waals surface area contributed by atoms with E-state index in [1.807, 2.05) is 13.8 Å². The number of carbonyl (C=O) groups excluding carboxylic acids is 1. The smallest absolute Gasteiger partial charge is 0.336 e. The quantitative estimate of drug-likeness (QED) is 0.261. The number of anilines is 1. The number of non-ortho nitro benzene ring substituents is 1. The minimum absolute atomic E-state index is 0.0339. The van der Waals surface area contributed by atoms with Crippen molar-refractivity contribution >= 4 is 28.9 Å². The Morgan fingerprint density at radius 1 is 1.14 bits per heavy atom. The molecule has 0 aliphatic rings. The van der Waals surface area contributed by atoms with Gasteiger partial charge in [-0.25, -0.2) is 9.07 Å². The Labute approximate surface area is 204 Å². The molecule has 0 aliphatic carbocycles. The molecule has 0 saturated heterocycles. The van der Waals surface area contributed by atoms with Gasteiger partial charge < -0.3 is 10.1 Å². The number of nitro groups is 1. The van der Waals surface area contributed by atoms with Crippen LogP contribution in [-0.2, 0) is 0 Å². The average Bonchev–Trinajstić information content (AvgIpc) is 3.22. The van der Waals surface area contributed by atoms with Gasteiger partial charge in [0.05, 0.1) is 27.3 Å². The number of nitrogens with one attached hydrogen (secondary N) is 1. The number of benzene rings is 3. The predicted octanol–water partition coefficient (Wildman–Crippen LogP) is 5.67. The van der Waals surface area contributed by atoms with Gasteiger partial charge in [0.15, 0.2) is 5.82 Å². The van der Waals surface area contributed by atoms with Gasteiger partial charge in [0.1, 0.15) is 5.82 Å². The second-order valence-electron chi connectivity index (χ2n) is 7.73. The number of nitrogens with zero attached hydrogens (tertiary/aromatic N) is 4. The number of hydrogen-bond acceptors (Lipinski definition) is 6. The van der Waals surface area contributed by atoms with Crippen LogP contribution in [0.1, 0.15) is 24.2 Å². The van der Waals surface area contributed by atoms with E-state index in [1.165, 1.54) is 28.9 Å². The van der Waals surface area contributed by atoms with Gasteiger partial charge in [-0.2, -0.15) is 4.98 Å². The van der Waals surface area contributed by atoms with Crippen LogP contribution in [0.15, 0.2) is 66.7 Å². The monoisotopic (exact) mass is 495 g/mol. The highest BCUT2D eigenvalue weighted by Crippen LogP contribution is 2.26. The number of hydrogen-bond donors (Lipinski definition) is 1. The predicted molar refractivity (Wildman–Crippen MR) is 129 cm³/mol. The van der Waals surface area contributed by atoms with E-state index in [4.69, 9.17) is 16.3 Å². The SMILES string of the molecule is CC(C)Oc1nc(-c2cccc(F)c2)n(-c2ccc(NC(=O)c3ccc([N+](=O)[O-])cc3Cl)cc2)n1. The lowest BCUT2D eigenvalue weighted by Gasteiger charge is -2.09. The molecule has 178 valence electrons. The molecule has 4 rings (SSSR count). The fourth-order valence-electron chi connectivity index (χ4n) is 3.23. The third-order valence-corrected chi connectivity index (χ3v) is 5.10. The summed E-state index contributed by atoms with van der Waals surface area (Å²) in [6.07, 6.45) is -0.157. The first kappa shape index (κ1) is 23.8. The molecule has 0 unspecified atom stereocenters. The summed E-state index contributed by atoms with van der Waals surface area (Å²) in [5, 5.41) is 17.9. The van der Waals surface area contributed by atoms with Crippen molar-refractivity contribution in [3.63, 3.8) is 0 Å². The van der Waals surface area contributed by atoms with Crippen molar-refractivity contribution in [1.82, 2.24) is 14.8 Å². The molecule has 3 aromatic carbocycles. The van der Waals surface area contributed by atoms with Crippen molar-refractivity contribution in [2.24, 2.45) is 0 Å². The second kappa shape index (κ2) is 9.90. The molecule has 9 nitrogen and oxygen atoms in total. The second-order valence-corrected chi connectivity index (χ2v) is 8.14. The maximum Gasteiger partial charge on any atom is 0.336 e. The van der Waals surface area contributed by atoms with Crippen LogP contribution in [0.4, 0.5) is 15.8 Å². The van der Waals surface area contributed by atoms with Gasteiger partial charge in [-0.05, 0) is 56.3 Å². The van der Waals surface area contributed by atoms with Crippen molar-refractivity contribution in [3.05, 3.63) is 93.2 Å². The van der Waals surface area contributed by atoms with Crippen LogP contribution >= 0.6 is 11.6 Å². The molecule has 0 aliphatic heterocycles. The minimum atomic E-state index is -0.591. The average molecular weight is 496 g/mol. The minimum Gasteiger partial charge on any atom is -0.460 e. The molecular formula is C24H19ClFN5O4. The summed E-state index contributed by atoms with van der Waals surface area (Å²) in [5.74, 6) is -0.549. The summed E-state index contributed by atoms with van der Waals surface area (Å²) in [6, 6.07) is 16.4. The molecule has 0 atom stereocenters. The van der Waals surface area contributed by atoms with Crippen molar-refractivity contribution < 1.29 is 18.8 Å². The van der Waals surface area contributed by atoms with Gasteiger partial charge >= 0.3 is 6.01 Å². The largest absolute Gasteiger partial charge is 0.460 e. The summed E-state index contributed by atoms with van der Waals surface area (Å²) in [7, 11) is 0. The number of amides is 1. The Kier molecular flexibility index (Phi) is 6.74. The third-order valence-electron chi connectivity index (χ3n) is 4.79. The molecule has 4 aromatic rings. The number of nitro benzene ring substituents is 1. The first-order chi connectivity index (χ1) is 16.7. The van der Waals surface area contributed by atoms with Gasteiger partial charge in [0.2, 0.25) is 0 Å². The molecule has 0 bridgehead atoms. The van der Waals surface area contributed by atoms with Gasteiger partial charge in [-0.15, -0.1) is 5.10 Å². The van der Waals surface area contributed by atoms with Crippen molar-refractivity contribution in [1.29, 1.82) is 0 Å². The van der Waals surface area contributed by atoms with Gasteiger partial charge in [0.25, 0.3) is 11.6 Å². The number of aromatic nitrogens is 3. The fraction of sp³-hybridized carbons (Fsp3) is 0.125. The standard InChI is InChI=1S/C24H19ClFN5O4/c1-14(2)35-24-28-22(15-4-3-5-16(26)12-15)30(29-24)18-8-6-17(7-9-18)27-23(32)20-11-10-19(31(33)34)13-21(20)25/h3-14H,1-2H3,(H,27,32). The number of carbonyl (C=O) groups is 1. The molecule has 0 spiro atoms. The number of ether oxygens (including phenoxy) is 1. The molecule has 11 heteroatoms. The summed E-state index contributed by atoms with van der Waals surface area (Å²) in [4.78, 5) is 27.3. The Hall–Kier alpha value is -4.31. The first-order valence-electron chi connectivity index (χ1n) is 10.5. The van der Waals surface area contributed by atoms with Crippen LogP contribution in [0.5, 0.6) is 6.01 Å². The normalized spacial score (nSPS) is 10.9. The van der Waals surface area contributed by atoms with E-state index >= 15 is 0 Å². The molecule has 1 heterocycles. The van der Waals surface area contributed by atoms with Crippen LogP contribution in [0.3, 0.4) is 0 Å². The third kappa shape index (κ3) is 5.44. The van der Waals surface area contributed by atoms with E-state index in [0.717, 1.165) is 6.07 Å². The molecule has 1 amide bonds. The van der Waals surface area contributed by atoms with Crippen LogP contribution in [0.25, 0.3) is 17.1 Å². The number of halogens is 2.